The Bertz CT molecular complexity index is 1370. The average Bonchev–Trinajstić information content (AvgIpc) is 2.94. The maximum atomic E-state index is 13.9. The molecule has 10 heteroatoms. The first-order chi connectivity index (χ1) is 18.7. The number of hydrogen-bond acceptors (Lipinski definition) is 5. The molecule has 2 amide bonds. The number of methoxy groups -OCH3 is 1. The first-order valence-corrected chi connectivity index (χ1v) is 14.5. The van der Waals surface area contributed by atoms with Crippen LogP contribution >= 0.6 is 11.6 Å². The SMILES string of the molecule is CCCCNC(=O)[C@@H](C)N(Cc1cccc(Cl)c1)C(=O)CN(c1ccccc1OC)S(=O)(=O)c1ccccc1. The van der Waals surface area contributed by atoms with Gasteiger partial charge < -0.3 is 15.0 Å². The van der Waals surface area contributed by atoms with Crippen molar-refractivity contribution >= 4 is 39.1 Å². The van der Waals surface area contributed by atoms with Gasteiger partial charge in [-0.3, -0.25) is 13.9 Å². The molecule has 208 valence electrons. The van der Waals surface area contributed by atoms with Gasteiger partial charge in [0.05, 0.1) is 17.7 Å². The number of unbranched alkanes of at least 4 members (excludes halogenated alkanes) is 1. The van der Waals surface area contributed by atoms with E-state index in [1.165, 1.54) is 24.1 Å². The minimum absolute atomic E-state index is 0.0236. The number of carbonyl (C=O) groups is 2. The van der Waals surface area contributed by atoms with Gasteiger partial charge in [0, 0.05) is 18.1 Å². The lowest BCUT2D eigenvalue weighted by atomic mass is 10.1. The van der Waals surface area contributed by atoms with E-state index >= 15 is 0 Å². The number of nitrogens with one attached hydrogen (secondary N) is 1. The summed E-state index contributed by atoms with van der Waals surface area (Å²) < 4.78 is 34.1. The quantitative estimate of drug-likeness (QED) is 0.295. The van der Waals surface area contributed by atoms with Crippen LogP contribution in [0.1, 0.15) is 32.3 Å². The van der Waals surface area contributed by atoms with E-state index in [4.69, 9.17) is 16.3 Å². The predicted octanol–water partition coefficient (Wildman–Crippen LogP) is 4.88. The van der Waals surface area contributed by atoms with Crippen molar-refractivity contribution in [2.24, 2.45) is 0 Å². The zero-order valence-electron chi connectivity index (χ0n) is 22.3. The molecule has 1 N–H and O–H groups in total. The Labute approximate surface area is 235 Å². The normalized spacial score (nSPS) is 11.9. The molecule has 0 aliphatic heterocycles. The van der Waals surface area contributed by atoms with Crippen LogP contribution in [0.5, 0.6) is 5.75 Å². The number of ether oxygens (including phenoxy) is 1. The molecule has 0 fully saturated rings. The van der Waals surface area contributed by atoms with Crippen LogP contribution in [0.2, 0.25) is 5.02 Å². The molecule has 1 atom stereocenters. The highest BCUT2D eigenvalue weighted by Crippen LogP contribution is 2.32. The van der Waals surface area contributed by atoms with Crippen LogP contribution in [0.4, 0.5) is 5.69 Å². The maximum absolute atomic E-state index is 13.9. The summed E-state index contributed by atoms with van der Waals surface area (Å²) in [6.45, 7) is 3.64. The minimum Gasteiger partial charge on any atom is -0.495 e. The third kappa shape index (κ3) is 7.74. The van der Waals surface area contributed by atoms with E-state index in [1.54, 1.807) is 73.7 Å². The van der Waals surface area contributed by atoms with Gasteiger partial charge in [-0.2, -0.15) is 0 Å². The fraction of sp³-hybridized carbons (Fsp3) is 0.310. The van der Waals surface area contributed by atoms with Crippen molar-refractivity contribution in [3.8, 4) is 5.75 Å². The molecule has 0 aliphatic rings. The number of hydrogen-bond donors (Lipinski definition) is 1. The zero-order valence-corrected chi connectivity index (χ0v) is 23.9. The summed E-state index contributed by atoms with van der Waals surface area (Å²) >= 11 is 6.18. The van der Waals surface area contributed by atoms with E-state index in [0.717, 1.165) is 17.1 Å². The number of nitrogens with zero attached hydrogens (tertiary/aromatic N) is 2. The third-order valence-electron chi connectivity index (χ3n) is 6.20. The van der Waals surface area contributed by atoms with Crippen molar-refractivity contribution < 1.29 is 22.7 Å². The molecule has 0 spiro atoms. The van der Waals surface area contributed by atoms with Crippen LogP contribution in [0, 0.1) is 0 Å². The Morgan fingerprint density at radius 1 is 1.00 bits per heavy atom. The molecule has 0 saturated carbocycles. The monoisotopic (exact) mass is 571 g/mol. The second-order valence-corrected chi connectivity index (χ2v) is 11.3. The smallest absolute Gasteiger partial charge is 0.264 e. The second-order valence-electron chi connectivity index (χ2n) is 8.97. The number of halogens is 1. The van der Waals surface area contributed by atoms with Gasteiger partial charge in [0.15, 0.2) is 0 Å². The van der Waals surface area contributed by atoms with Gasteiger partial charge >= 0.3 is 0 Å². The summed E-state index contributed by atoms with van der Waals surface area (Å²) in [5.74, 6) is -0.594. The second kappa shape index (κ2) is 14.0. The number of rotatable bonds is 13. The van der Waals surface area contributed by atoms with Gasteiger partial charge in [-0.05, 0) is 55.3 Å². The van der Waals surface area contributed by atoms with Gasteiger partial charge in [-0.1, -0.05) is 67.4 Å². The molecule has 3 aromatic rings. The summed E-state index contributed by atoms with van der Waals surface area (Å²) in [5, 5.41) is 3.35. The van der Waals surface area contributed by atoms with E-state index in [1.807, 2.05) is 6.92 Å². The summed E-state index contributed by atoms with van der Waals surface area (Å²) in [6.07, 6.45) is 1.71. The van der Waals surface area contributed by atoms with E-state index in [9.17, 15) is 18.0 Å². The highest BCUT2D eigenvalue weighted by atomic mass is 35.5. The predicted molar refractivity (Wildman–Crippen MR) is 153 cm³/mol. The Hall–Kier alpha value is -3.56. The lowest BCUT2D eigenvalue weighted by molar-refractivity contribution is -0.139. The topological polar surface area (TPSA) is 96.0 Å². The molecule has 0 bridgehead atoms. The Morgan fingerprint density at radius 2 is 1.69 bits per heavy atom. The van der Waals surface area contributed by atoms with Gasteiger partial charge in [-0.15, -0.1) is 0 Å². The van der Waals surface area contributed by atoms with Gasteiger partial charge in [0.2, 0.25) is 11.8 Å². The van der Waals surface area contributed by atoms with Crippen LogP contribution in [0.3, 0.4) is 0 Å². The zero-order chi connectivity index (χ0) is 28.4. The summed E-state index contributed by atoms with van der Waals surface area (Å²) in [6, 6.07) is 20.6. The number of benzene rings is 3. The van der Waals surface area contributed by atoms with Gasteiger partial charge in [0.1, 0.15) is 18.3 Å². The fourth-order valence-electron chi connectivity index (χ4n) is 4.02. The van der Waals surface area contributed by atoms with Crippen molar-refractivity contribution in [3.63, 3.8) is 0 Å². The van der Waals surface area contributed by atoms with Gasteiger partial charge in [0.25, 0.3) is 10.0 Å². The van der Waals surface area contributed by atoms with Crippen LogP contribution in [-0.2, 0) is 26.2 Å². The molecule has 0 saturated heterocycles. The van der Waals surface area contributed by atoms with Crippen LogP contribution in [0.15, 0.2) is 83.8 Å². The summed E-state index contributed by atoms with van der Waals surface area (Å²) in [5.41, 5.74) is 0.916. The number of carbonyl (C=O) groups excluding carboxylic acids is 2. The first-order valence-electron chi connectivity index (χ1n) is 12.7. The Kier molecular flexibility index (Phi) is 10.8. The molecular weight excluding hydrogens is 538 g/mol. The number of sulfonamides is 1. The molecule has 0 aliphatic carbocycles. The van der Waals surface area contributed by atoms with E-state index in [-0.39, 0.29) is 28.8 Å². The van der Waals surface area contributed by atoms with E-state index in [0.29, 0.717) is 17.1 Å². The lowest BCUT2D eigenvalue weighted by Gasteiger charge is -2.32. The summed E-state index contributed by atoms with van der Waals surface area (Å²) in [4.78, 5) is 28.3. The van der Waals surface area contributed by atoms with E-state index in [2.05, 4.69) is 5.32 Å². The standard InChI is InChI=1S/C29H34ClN3O5S/c1-4-5-18-31-29(35)22(2)32(20-23-12-11-13-24(30)19-23)28(34)21-33(26-16-9-10-17-27(26)38-3)39(36,37)25-14-7-6-8-15-25/h6-17,19,22H,4-5,18,20-21H2,1-3H3,(H,31,35)/t22-/m1/s1. The van der Waals surface area contributed by atoms with Crippen molar-refractivity contribution in [2.75, 3.05) is 24.5 Å². The maximum Gasteiger partial charge on any atom is 0.264 e. The van der Waals surface area contributed by atoms with Gasteiger partial charge in [-0.25, -0.2) is 8.42 Å². The van der Waals surface area contributed by atoms with Crippen molar-refractivity contribution in [3.05, 3.63) is 89.4 Å². The van der Waals surface area contributed by atoms with E-state index < -0.39 is 28.5 Å². The Balaban J connectivity index is 2.02. The molecule has 8 nitrogen and oxygen atoms in total. The minimum atomic E-state index is -4.17. The molecule has 0 aromatic heterocycles. The number of amides is 2. The van der Waals surface area contributed by atoms with Crippen LogP contribution in [-0.4, -0.2) is 51.4 Å². The summed E-state index contributed by atoms with van der Waals surface area (Å²) in [7, 11) is -2.74. The van der Waals surface area contributed by atoms with Crippen LogP contribution in [0.25, 0.3) is 0 Å². The van der Waals surface area contributed by atoms with Crippen molar-refractivity contribution in [1.82, 2.24) is 10.2 Å². The molecule has 3 aromatic carbocycles. The number of anilines is 1. The fourth-order valence-corrected chi connectivity index (χ4v) is 5.68. The Morgan fingerprint density at radius 3 is 2.36 bits per heavy atom. The molecule has 0 unspecified atom stereocenters. The molecule has 0 radical (unpaired) electrons. The van der Waals surface area contributed by atoms with Crippen LogP contribution < -0.4 is 14.4 Å². The molecule has 0 heterocycles. The number of para-hydroxylation sites is 2. The van der Waals surface area contributed by atoms with Crippen molar-refractivity contribution in [2.45, 2.75) is 44.2 Å². The molecule has 3 rings (SSSR count). The third-order valence-corrected chi connectivity index (χ3v) is 8.21. The first kappa shape index (κ1) is 30.0. The highest BCUT2D eigenvalue weighted by molar-refractivity contribution is 7.92. The molecule has 39 heavy (non-hydrogen) atoms. The average molecular weight is 572 g/mol. The van der Waals surface area contributed by atoms with Crippen molar-refractivity contribution in [1.29, 1.82) is 0 Å². The highest BCUT2D eigenvalue weighted by Gasteiger charge is 2.33. The lowest BCUT2D eigenvalue weighted by Crippen LogP contribution is -2.51. The molecular formula is C29H34ClN3O5S. The largest absolute Gasteiger partial charge is 0.495 e.